The number of halogens is 1. The van der Waals surface area contributed by atoms with Crippen LogP contribution in [0.5, 0.6) is 0 Å². The molecule has 7 heteroatoms. The quantitative estimate of drug-likeness (QED) is 0.316. The first-order chi connectivity index (χ1) is 12.6. The third kappa shape index (κ3) is 6.07. The van der Waals surface area contributed by atoms with Crippen molar-refractivity contribution in [3.8, 4) is 0 Å². The summed E-state index contributed by atoms with van der Waals surface area (Å²) in [6.45, 7) is 4.40. The predicted molar refractivity (Wildman–Crippen MR) is 122 cm³/mol. The number of likely N-dealkylation sites (N-methyl/N-ethyl adjacent to an activating group) is 1. The van der Waals surface area contributed by atoms with Crippen LogP contribution in [0.25, 0.3) is 0 Å². The number of aliphatic imine (C=N–C) groups is 1. The number of para-hydroxylation sites is 1. The van der Waals surface area contributed by atoms with E-state index in [9.17, 15) is 4.79 Å². The molecule has 27 heavy (non-hydrogen) atoms. The Morgan fingerprint density at radius 3 is 2.70 bits per heavy atom. The number of nitrogens with one attached hydrogen (secondary N) is 3. The largest absolute Gasteiger partial charge is 0.357 e. The minimum absolute atomic E-state index is 0. The van der Waals surface area contributed by atoms with Crippen LogP contribution in [0.3, 0.4) is 0 Å². The second kappa shape index (κ2) is 10.3. The molecule has 2 unspecified atom stereocenters. The Balaban J connectivity index is 0.00000261. The van der Waals surface area contributed by atoms with Crippen molar-refractivity contribution in [1.82, 2.24) is 15.5 Å². The van der Waals surface area contributed by atoms with Crippen LogP contribution in [0.1, 0.15) is 37.7 Å². The van der Waals surface area contributed by atoms with Gasteiger partial charge in [0.05, 0.1) is 6.54 Å². The van der Waals surface area contributed by atoms with E-state index in [1.807, 2.05) is 18.2 Å². The minimum Gasteiger partial charge on any atom is -0.357 e. The second-order valence-corrected chi connectivity index (χ2v) is 7.51. The molecule has 2 aliphatic rings. The number of carbonyl (C=O) groups is 1. The van der Waals surface area contributed by atoms with E-state index < -0.39 is 0 Å². The highest BCUT2D eigenvalue weighted by Crippen LogP contribution is 2.34. The van der Waals surface area contributed by atoms with Crippen LogP contribution in [0.4, 0.5) is 5.69 Å². The molecule has 1 fully saturated rings. The van der Waals surface area contributed by atoms with Gasteiger partial charge < -0.3 is 20.9 Å². The predicted octanol–water partition coefficient (Wildman–Crippen LogP) is 2.63. The lowest BCUT2D eigenvalue weighted by Gasteiger charge is -2.27. The van der Waals surface area contributed by atoms with Gasteiger partial charge >= 0.3 is 0 Å². The highest BCUT2D eigenvalue weighted by Gasteiger charge is 2.32. The molecule has 2 atom stereocenters. The molecule has 0 saturated heterocycles. The van der Waals surface area contributed by atoms with Crippen molar-refractivity contribution in [1.29, 1.82) is 0 Å². The third-order valence-corrected chi connectivity index (χ3v) is 5.23. The molecule has 0 aromatic heterocycles. The molecule has 1 heterocycles. The van der Waals surface area contributed by atoms with Crippen LogP contribution >= 0.6 is 24.0 Å². The molecular formula is C20H32IN5O. The zero-order valence-electron chi connectivity index (χ0n) is 16.5. The number of guanidine groups is 1. The Morgan fingerprint density at radius 1 is 1.30 bits per heavy atom. The molecule has 0 spiro atoms. The summed E-state index contributed by atoms with van der Waals surface area (Å²) >= 11 is 0. The van der Waals surface area contributed by atoms with Crippen LogP contribution in [0, 0.1) is 5.92 Å². The van der Waals surface area contributed by atoms with E-state index in [1.54, 1.807) is 0 Å². The standard InChI is InChI=1S/C20H31N5O.HI/c1-4-21-20(23-13-18(25(2)3)14-9-10-14)22-12-15-11-19(26)24-17-8-6-5-7-16(15)17;/h5-8,14-15,18H,4,9-13H2,1-3H3,(H,24,26)(H2,21,22,23);1H. The van der Waals surface area contributed by atoms with Gasteiger partial charge in [-0.1, -0.05) is 18.2 Å². The van der Waals surface area contributed by atoms with Gasteiger partial charge in [0, 0.05) is 37.2 Å². The number of nitrogens with zero attached hydrogens (tertiary/aromatic N) is 2. The number of fused-ring (bicyclic) bond motifs is 1. The van der Waals surface area contributed by atoms with Gasteiger partial charge in [0.1, 0.15) is 0 Å². The van der Waals surface area contributed by atoms with E-state index in [4.69, 9.17) is 4.99 Å². The molecule has 150 valence electrons. The number of hydrogen-bond donors (Lipinski definition) is 3. The van der Waals surface area contributed by atoms with Crippen molar-refractivity contribution in [3.63, 3.8) is 0 Å². The number of amides is 1. The smallest absolute Gasteiger partial charge is 0.225 e. The molecule has 1 aliphatic carbocycles. The Bertz CT molecular complexity index is 658. The van der Waals surface area contributed by atoms with Gasteiger partial charge in [-0.25, -0.2) is 0 Å². The maximum absolute atomic E-state index is 12.0. The molecule has 1 aliphatic heterocycles. The molecule has 1 aromatic rings. The highest BCUT2D eigenvalue weighted by atomic mass is 127. The summed E-state index contributed by atoms with van der Waals surface area (Å²) in [7, 11) is 4.27. The minimum atomic E-state index is 0. The summed E-state index contributed by atoms with van der Waals surface area (Å²) in [5.74, 6) is 1.87. The van der Waals surface area contributed by atoms with E-state index in [0.717, 1.165) is 30.7 Å². The van der Waals surface area contributed by atoms with Crippen molar-refractivity contribution >= 4 is 41.5 Å². The van der Waals surface area contributed by atoms with Gasteiger partial charge in [-0.15, -0.1) is 24.0 Å². The third-order valence-electron chi connectivity index (χ3n) is 5.23. The summed E-state index contributed by atoms with van der Waals surface area (Å²) in [6, 6.07) is 8.56. The van der Waals surface area contributed by atoms with E-state index in [1.165, 1.54) is 18.4 Å². The Kier molecular flexibility index (Phi) is 8.34. The molecule has 0 bridgehead atoms. The highest BCUT2D eigenvalue weighted by molar-refractivity contribution is 14.0. The molecule has 1 amide bonds. The van der Waals surface area contributed by atoms with E-state index in [0.29, 0.717) is 19.0 Å². The fraction of sp³-hybridized carbons (Fsp3) is 0.600. The average molecular weight is 485 g/mol. The van der Waals surface area contributed by atoms with Gasteiger partial charge in [-0.3, -0.25) is 9.79 Å². The topological polar surface area (TPSA) is 68.8 Å². The average Bonchev–Trinajstić information content (AvgIpc) is 3.44. The first-order valence-corrected chi connectivity index (χ1v) is 9.65. The van der Waals surface area contributed by atoms with Gasteiger partial charge in [0.25, 0.3) is 0 Å². The summed E-state index contributed by atoms with van der Waals surface area (Å²) < 4.78 is 0. The van der Waals surface area contributed by atoms with Crippen LogP contribution in [-0.2, 0) is 4.79 Å². The van der Waals surface area contributed by atoms with Crippen molar-refractivity contribution in [2.45, 2.75) is 38.1 Å². The summed E-state index contributed by atoms with van der Waals surface area (Å²) in [5, 5.41) is 9.73. The lowest BCUT2D eigenvalue weighted by Crippen LogP contribution is -2.42. The van der Waals surface area contributed by atoms with E-state index in [-0.39, 0.29) is 35.8 Å². The summed E-state index contributed by atoms with van der Waals surface area (Å²) in [5.41, 5.74) is 2.12. The van der Waals surface area contributed by atoms with E-state index in [2.05, 4.69) is 47.9 Å². The van der Waals surface area contributed by atoms with Gasteiger partial charge in [0.15, 0.2) is 5.96 Å². The molecule has 6 nitrogen and oxygen atoms in total. The number of hydrogen-bond acceptors (Lipinski definition) is 3. The van der Waals surface area contributed by atoms with Crippen molar-refractivity contribution in [2.24, 2.45) is 10.9 Å². The number of benzene rings is 1. The molecule has 0 radical (unpaired) electrons. The summed E-state index contributed by atoms with van der Waals surface area (Å²) in [4.78, 5) is 19.1. The SMILES string of the molecule is CCNC(=NCC(C1CC1)N(C)C)NCC1CC(=O)Nc2ccccc21.I. The Morgan fingerprint density at radius 2 is 2.04 bits per heavy atom. The normalized spacial score (nSPS) is 20.4. The molecule has 1 saturated carbocycles. The zero-order valence-corrected chi connectivity index (χ0v) is 18.8. The van der Waals surface area contributed by atoms with Crippen LogP contribution in [0.2, 0.25) is 0 Å². The van der Waals surface area contributed by atoms with Crippen molar-refractivity contribution in [2.75, 3.05) is 39.0 Å². The maximum Gasteiger partial charge on any atom is 0.225 e. The second-order valence-electron chi connectivity index (χ2n) is 7.51. The lowest BCUT2D eigenvalue weighted by molar-refractivity contribution is -0.116. The monoisotopic (exact) mass is 485 g/mol. The van der Waals surface area contributed by atoms with Gasteiger partial charge in [-0.2, -0.15) is 0 Å². The number of carbonyl (C=O) groups excluding carboxylic acids is 1. The summed E-state index contributed by atoms with van der Waals surface area (Å²) in [6.07, 6.45) is 3.14. The maximum atomic E-state index is 12.0. The van der Waals surface area contributed by atoms with Crippen LogP contribution in [0.15, 0.2) is 29.3 Å². The van der Waals surface area contributed by atoms with Gasteiger partial charge in [0.2, 0.25) is 5.91 Å². The van der Waals surface area contributed by atoms with Crippen LogP contribution in [-0.4, -0.2) is 56.5 Å². The Labute approximate surface area is 179 Å². The van der Waals surface area contributed by atoms with Crippen molar-refractivity contribution in [3.05, 3.63) is 29.8 Å². The molecular weight excluding hydrogens is 453 g/mol. The number of anilines is 1. The fourth-order valence-electron chi connectivity index (χ4n) is 3.65. The molecule has 1 aromatic carbocycles. The molecule has 3 rings (SSSR count). The Hall–Kier alpha value is -1.35. The van der Waals surface area contributed by atoms with Crippen molar-refractivity contribution < 1.29 is 4.79 Å². The lowest BCUT2D eigenvalue weighted by atomic mass is 9.90. The van der Waals surface area contributed by atoms with E-state index >= 15 is 0 Å². The number of rotatable bonds is 7. The fourth-order valence-corrected chi connectivity index (χ4v) is 3.65. The first kappa shape index (κ1) is 21.9. The first-order valence-electron chi connectivity index (χ1n) is 9.65. The van der Waals surface area contributed by atoms with Crippen LogP contribution < -0.4 is 16.0 Å². The molecule has 3 N–H and O–H groups in total. The zero-order chi connectivity index (χ0) is 18.5. The van der Waals surface area contributed by atoms with Gasteiger partial charge in [-0.05, 0) is 51.4 Å².